The average Bonchev–Trinajstić information content (AvgIpc) is 2.16. The van der Waals surface area contributed by atoms with Crippen molar-refractivity contribution in [1.82, 2.24) is 0 Å². The molecule has 0 heterocycles. The van der Waals surface area contributed by atoms with Gasteiger partial charge in [-0.25, -0.2) is 0 Å². The van der Waals surface area contributed by atoms with Gasteiger partial charge in [-0.2, -0.15) is 0 Å². The van der Waals surface area contributed by atoms with Crippen LogP contribution in [-0.2, 0) is 0 Å². The summed E-state index contributed by atoms with van der Waals surface area (Å²) in [7, 11) is 3.25. The van der Waals surface area contributed by atoms with Gasteiger partial charge < -0.3 is 20.7 Å². The minimum atomic E-state index is 0.410. The van der Waals surface area contributed by atoms with Crippen molar-refractivity contribution in [2.45, 2.75) is 0 Å². The quantitative estimate of drug-likeness (QED) is 0.804. The summed E-state index contributed by atoms with van der Waals surface area (Å²) >= 11 is 3.31. The number of hydrogen-bond acceptors (Lipinski definition) is 4. The summed E-state index contributed by atoms with van der Waals surface area (Å²) in [5.41, 5.74) is 2.94. The van der Waals surface area contributed by atoms with Crippen LogP contribution in [0.4, 0.5) is 11.4 Å². The summed E-state index contributed by atoms with van der Waals surface area (Å²) in [5, 5.41) is 13.5. The maximum Gasteiger partial charge on any atom is 0.144 e. The van der Waals surface area contributed by atoms with Gasteiger partial charge in [0, 0.05) is 11.5 Å². The van der Waals surface area contributed by atoms with Gasteiger partial charge in [0.25, 0.3) is 0 Å². The molecule has 72 valence electrons. The van der Waals surface area contributed by atoms with E-state index in [0.717, 1.165) is 4.47 Å². The van der Waals surface area contributed by atoms with Crippen molar-refractivity contribution in [1.29, 1.82) is 0 Å². The first-order valence-corrected chi connectivity index (χ1v) is 4.45. The molecule has 0 saturated carbocycles. The molecule has 0 saturated heterocycles. The highest BCUT2D eigenvalue weighted by atomic mass is 79.9. The van der Waals surface area contributed by atoms with E-state index in [1.165, 1.54) is 7.11 Å². The molecule has 0 unspecified atom stereocenters. The van der Waals surface area contributed by atoms with Crippen molar-refractivity contribution < 1.29 is 4.74 Å². The minimum Gasteiger partial charge on any atom is -0.761 e. The zero-order valence-electron chi connectivity index (χ0n) is 7.35. The second kappa shape index (κ2) is 4.34. The molecule has 13 heavy (non-hydrogen) atoms. The third kappa shape index (κ3) is 2.05. The molecule has 0 amide bonds. The molecule has 0 aliphatic heterocycles. The van der Waals surface area contributed by atoms with E-state index in [4.69, 9.17) is 4.74 Å². The molecule has 0 fully saturated rings. The summed E-state index contributed by atoms with van der Waals surface area (Å²) in [5.74, 6) is 0.508. The van der Waals surface area contributed by atoms with Crippen molar-refractivity contribution >= 4 is 27.3 Å². The standard InChI is InChI=1S/C8H10BrN2O2/c1-10-6-3-5(9)4-7(13-2)8(6)11-12/h3-4,10-11H,1-2H3/q-1. The Morgan fingerprint density at radius 3 is 2.62 bits per heavy atom. The number of anilines is 2. The highest BCUT2D eigenvalue weighted by Gasteiger charge is 2.06. The van der Waals surface area contributed by atoms with Gasteiger partial charge in [0.1, 0.15) is 5.75 Å². The van der Waals surface area contributed by atoms with Crippen molar-refractivity contribution in [2.24, 2.45) is 0 Å². The molecular formula is C8H10BrN2O2-. The number of nitrogens with one attached hydrogen (secondary N) is 2. The van der Waals surface area contributed by atoms with Crippen LogP contribution in [0.15, 0.2) is 16.6 Å². The number of methoxy groups -OCH3 is 1. The fraction of sp³-hybridized carbons (Fsp3) is 0.250. The fourth-order valence-corrected chi connectivity index (χ4v) is 1.48. The Morgan fingerprint density at radius 2 is 2.15 bits per heavy atom. The Morgan fingerprint density at radius 1 is 1.46 bits per heavy atom. The molecule has 0 bridgehead atoms. The SMILES string of the molecule is CNc1cc(Br)cc(OC)c1N[O-]. The third-order valence-corrected chi connectivity index (χ3v) is 2.12. The average molecular weight is 246 g/mol. The van der Waals surface area contributed by atoms with Gasteiger partial charge in [0.15, 0.2) is 0 Å². The lowest BCUT2D eigenvalue weighted by Crippen LogP contribution is -1.98. The van der Waals surface area contributed by atoms with Crippen LogP contribution in [0, 0.1) is 5.21 Å². The Kier molecular flexibility index (Phi) is 3.39. The van der Waals surface area contributed by atoms with Gasteiger partial charge in [-0.1, -0.05) is 15.9 Å². The molecule has 2 N–H and O–H groups in total. The third-order valence-electron chi connectivity index (χ3n) is 1.66. The number of halogens is 1. The van der Waals surface area contributed by atoms with Gasteiger partial charge >= 0.3 is 0 Å². The molecule has 1 aromatic carbocycles. The number of ether oxygens (including phenoxy) is 1. The van der Waals surface area contributed by atoms with Crippen molar-refractivity contribution in [3.63, 3.8) is 0 Å². The zero-order valence-corrected chi connectivity index (χ0v) is 8.94. The summed E-state index contributed by atoms with van der Waals surface area (Å²) < 4.78 is 5.88. The Balaban J connectivity index is 3.25. The van der Waals surface area contributed by atoms with Crippen LogP contribution in [-0.4, -0.2) is 14.2 Å². The smallest absolute Gasteiger partial charge is 0.144 e. The van der Waals surface area contributed by atoms with Crippen LogP contribution in [0.3, 0.4) is 0 Å². The minimum absolute atomic E-state index is 0.410. The van der Waals surface area contributed by atoms with Crippen LogP contribution >= 0.6 is 15.9 Å². The second-order valence-corrected chi connectivity index (χ2v) is 3.30. The normalized spacial score (nSPS) is 9.54. The Hall–Kier alpha value is -0.940. The van der Waals surface area contributed by atoms with Gasteiger partial charge in [-0.05, 0) is 12.1 Å². The Labute approximate surface area is 85.0 Å². The second-order valence-electron chi connectivity index (χ2n) is 2.38. The lowest BCUT2D eigenvalue weighted by Gasteiger charge is -2.18. The van der Waals surface area contributed by atoms with Crippen LogP contribution in [0.2, 0.25) is 0 Å². The molecule has 0 spiro atoms. The van der Waals surface area contributed by atoms with Crippen molar-refractivity contribution in [2.75, 3.05) is 25.0 Å². The predicted molar refractivity (Wildman–Crippen MR) is 57.2 cm³/mol. The van der Waals surface area contributed by atoms with Crippen LogP contribution in [0.5, 0.6) is 5.75 Å². The largest absolute Gasteiger partial charge is 0.761 e. The molecule has 0 aliphatic rings. The maximum absolute atomic E-state index is 10.6. The van der Waals surface area contributed by atoms with Gasteiger partial charge in [-0.15, -0.1) is 0 Å². The molecule has 1 aromatic rings. The van der Waals surface area contributed by atoms with Crippen molar-refractivity contribution in [3.05, 3.63) is 21.8 Å². The lowest BCUT2D eigenvalue weighted by atomic mass is 10.2. The fourth-order valence-electron chi connectivity index (χ4n) is 1.05. The van der Waals surface area contributed by atoms with Crippen LogP contribution < -0.4 is 15.5 Å². The molecule has 5 heteroatoms. The number of benzene rings is 1. The first-order valence-electron chi connectivity index (χ1n) is 3.66. The molecule has 1 rings (SSSR count). The maximum atomic E-state index is 10.6. The van der Waals surface area contributed by atoms with E-state index in [-0.39, 0.29) is 0 Å². The first-order chi connectivity index (χ1) is 6.22. The van der Waals surface area contributed by atoms with Gasteiger partial charge in [-0.3, -0.25) is 0 Å². The van der Waals surface area contributed by atoms with E-state index >= 15 is 0 Å². The molecule has 0 atom stereocenters. The van der Waals surface area contributed by atoms with Crippen LogP contribution in [0.25, 0.3) is 0 Å². The van der Waals surface area contributed by atoms with E-state index < -0.39 is 0 Å². The molecule has 0 aliphatic carbocycles. The van der Waals surface area contributed by atoms with E-state index in [9.17, 15) is 5.21 Å². The monoisotopic (exact) mass is 245 g/mol. The highest BCUT2D eigenvalue weighted by Crippen LogP contribution is 2.35. The number of rotatable bonds is 3. The molecule has 0 aromatic heterocycles. The predicted octanol–water partition coefficient (Wildman–Crippen LogP) is 2.41. The van der Waals surface area contributed by atoms with E-state index in [2.05, 4.69) is 21.2 Å². The van der Waals surface area contributed by atoms with Crippen LogP contribution in [0.1, 0.15) is 0 Å². The zero-order chi connectivity index (χ0) is 9.84. The molecular weight excluding hydrogens is 236 g/mol. The van der Waals surface area contributed by atoms with Gasteiger partial charge in [0.2, 0.25) is 0 Å². The molecule has 4 nitrogen and oxygen atoms in total. The summed E-state index contributed by atoms with van der Waals surface area (Å²) in [6, 6.07) is 3.52. The first kappa shape index (κ1) is 10.1. The lowest BCUT2D eigenvalue weighted by molar-refractivity contribution is 0.416. The number of hydrogen-bond donors (Lipinski definition) is 2. The molecule has 0 radical (unpaired) electrons. The van der Waals surface area contributed by atoms with E-state index in [0.29, 0.717) is 17.1 Å². The summed E-state index contributed by atoms with van der Waals surface area (Å²) in [6.07, 6.45) is 0. The van der Waals surface area contributed by atoms with E-state index in [1.54, 1.807) is 19.2 Å². The highest BCUT2D eigenvalue weighted by molar-refractivity contribution is 9.10. The van der Waals surface area contributed by atoms with Gasteiger partial charge in [0.05, 0.1) is 18.5 Å². The summed E-state index contributed by atoms with van der Waals surface area (Å²) in [6.45, 7) is 0. The van der Waals surface area contributed by atoms with E-state index in [1.807, 2.05) is 5.48 Å². The van der Waals surface area contributed by atoms with Crippen molar-refractivity contribution in [3.8, 4) is 5.75 Å². The Bertz CT molecular complexity index is 279. The topological polar surface area (TPSA) is 56.3 Å². The summed E-state index contributed by atoms with van der Waals surface area (Å²) in [4.78, 5) is 0.